The lowest BCUT2D eigenvalue weighted by molar-refractivity contribution is -0.274. The van der Waals surface area contributed by atoms with Crippen molar-refractivity contribution in [3.05, 3.63) is 64.7 Å². The lowest BCUT2D eigenvalue weighted by atomic mass is 9.99. The van der Waals surface area contributed by atoms with Crippen LogP contribution in [0.4, 0.5) is 13.2 Å². The van der Waals surface area contributed by atoms with Gasteiger partial charge in [-0.3, -0.25) is 14.4 Å². The number of rotatable bonds is 17. The van der Waals surface area contributed by atoms with Crippen molar-refractivity contribution in [1.82, 2.24) is 15.5 Å². The Labute approximate surface area is 251 Å². The molecule has 0 saturated heterocycles. The van der Waals surface area contributed by atoms with E-state index in [1.807, 2.05) is 13.8 Å². The number of nitrogens with zero attached hydrogens (tertiary/aromatic N) is 1. The SMILES string of the molecule is CCCN(CCC)C(=O)c1cc(C(N)=O)cc(C(=O)N[C@@H](Cc2cccc(OC(F)(F)F)c2)[C@H](O)CNCCC(C)C)c1. The van der Waals surface area contributed by atoms with Crippen molar-refractivity contribution in [2.75, 3.05) is 26.2 Å². The number of hydrogen-bond acceptors (Lipinski definition) is 6. The second-order valence-corrected chi connectivity index (χ2v) is 10.9. The van der Waals surface area contributed by atoms with E-state index in [9.17, 15) is 32.7 Å². The van der Waals surface area contributed by atoms with E-state index in [4.69, 9.17) is 5.73 Å². The summed E-state index contributed by atoms with van der Waals surface area (Å²) < 4.78 is 42.4. The molecule has 2 atom stereocenters. The number of aliphatic hydroxyl groups is 1. The summed E-state index contributed by atoms with van der Waals surface area (Å²) in [5, 5.41) is 16.9. The van der Waals surface area contributed by atoms with Crippen LogP contribution in [0.2, 0.25) is 0 Å². The first-order valence-electron chi connectivity index (χ1n) is 14.5. The van der Waals surface area contributed by atoms with E-state index in [1.54, 1.807) is 11.0 Å². The molecule has 3 amide bonds. The fraction of sp³-hybridized carbons (Fsp3) is 0.516. The number of ether oxygens (including phenoxy) is 1. The number of carbonyl (C=O) groups excluding carboxylic acids is 3. The van der Waals surface area contributed by atoms with Crippen LogP contribution in [0.3, 0.4) is 0 Å². The number of nitrogens with two attached hydrogens (primary N) is 1. The zero-order chi connectivity index (χ0) is 32.2. The highest BCUT2D eigenvalue weighted by Gasteiger charge is 2.31. The number of nitrogens with one attached hydrogen (secondary N) is 2. The van der Waals surface area contributed by atoms with E-state index < -0.39 is 36.1 Å². The molecule has 5 N–H and O–H groups in total. The highest BCUT2D eigenvalue weighted by Crippen LogP contribution is 2.24. The number of amides is 3. The third kappa shape index (κ3) is 12.2. The second kappa shape index (κ2) is 16.9. The highest BCUT2D eigenvalue weighted by atomic mass is 19.4. The topological polar surface area (TPSA) is 134 Å². The fourth-order valence-electron chi connectivity index (χ4n) is 4.50. The van der Waals surface area contributed by atoms with Crippen molar-refractivity contribution in [3.63, 3.8) is 0 Å². The average Bonchev–Trinajstić information content (AvgIpc) is 2.93. The molecular weight excluding hydrogens is 565 g/mol. The van der Waals surface area contributed by atoms with Gasteiger partial charge in [-0.2, -0.15) is 0 Å². The molecule has 2 aromatic carbocycles. The smallest absolute Gasteiger partial charge is 0.406 e. The molecule has 0 aliphatic rings. The molecule has 0 unspecified atom stereocenters. The third-order valence-electron chi connectivity index (χ3n) is 6.62. The van der Waals surface area contributed by atoms with Crippen molar-refractivity contribution in [2.45, 2.75) is 71.9 Å². The minimum Gasteiger partial charge on any atom is -0.406 e. The Morgan fingerprint density at radius 2 is 1.63 bits per heavy atom. The highest BCUT2D eigenvalue weighted by molar-refractivity contribution is 6.04. The lowest BCUT2D eigenvalue weighted by Gasteiger charge is -2.26. The monoisotopic (exact) mass is 608 g/mol. The molecule has 43 heavy (non-hydrogen) atoms. The van der Waals surface area contributed by atoms with E-state index in [2.05, 4.69) is 29.2 Å². The van der Waals surface area contributed by atoms with Gasteiger partial charge in [-0.15, -0.1) is 13.2 Å². The first-order chi connectivity index (χ1) is 20.2. The molecule has 0 radical (unpaired) electrons. The molecule has 12 heteroatoms. The van der Waals surface area contributed by atoms with Gasteiger partial charge in [-0.1, -0.05) is 39.8 Å². The summed E-state index contributed by atoms with van der Waals surface area (Å²) >= 11 is 0. The molecular formula is C31H43F3N4O5. The quantitative estimate of drug-likeness (QED) is 0.198. The molecule has 0 bridgehead atoms. The Morgan fingerprint density at radius 3 is 2.21 bits per heavy atom. The molecule has 0 spiro atoms. The number of benzene rings is 2. The predicted molar refractivity (Wildman–Crippen MR) is 158 cm³/mol. The number of halogens is 3. The summed E-state index contributed by atoms with van der Waals surface area (Å²) in [6.07, 6.45) is -3.76. The van der Waals surface area contributed by atoms with E-state index >= 15 is 0 Å². The standard InChI is InChI=1S/C31H43F3N4O5/c1-5-12-38(13-6-2)30(42)24-17-22(28(35)40)16-23(18-24)29(41)37-26(27(39)19-36-11-10-20(3)4)15-21-8-7-9-25(14-21)43-31(32,33)34/h7-9,14,16-18,20,26-27,36,39H,5-6,10-13,15,19H2,1-4H3,(H2,35,40)(H,37,41)/t26-,27+/m0/s1. The largest absolute Gasteiger partial charge is 0.573 e. The van der Waals surface area contributed by atoms with Gasteiger partial charge in [0, 0.05) is 36.3 Å². The molecule has 0 aliphatic carbocycles. The fourth-order valence-corrected chi connectivity index (χ4v) is 4.50. The summed E-state index contributed by atoms with van der Waals surface area (Å²) in [7, 11) is 0. The molecule has 0 fully saturated rings. The van der Waals surface area contributed by atoms with Gasteiger partial charge >= 0.3 is 6.36 Å². The maximum absolute atomic E-state index is 13.5. The van der Waals surface area contributed by atoms with Crippen LogP contribution in [-0.4, -0.2) is 72.4 Å². The second-order valence-electron chi connectivity index (χ2n) is 10.9. The molecule has 0 aromatic heterocycles. The van der Waals surface area contributed by atoms with Crippen LogP contribution in [0, 0.1) is 5.92 Å². The minimum absolute atomic E-state index is 0.0216. The third-order valence-corrected chi connectivity index (χ3v) is 6.62. The summed E-state index contributed by atoms with van der Waals surface area (Å²) in [5.74, 6) is -1.87. The zero-order valence-electron chi connectivity index (χ0n) is 25.2. The van der Waals surface area contributed by atoms with Crippen LogP contribution >= 0.6 is 0 Å². The number of alkyl halides is 3. The van der Waals surface area contributed by atoms with Gasteiger partial charge in [0.1, 0.15) is 5.75 Å². The molecule has 9 nitrogen and oxygen atoms in total. The summed E-state index contributed by atoms with van der Waals surface area (Å²) in [5.41, 5.74) is 5.95. The van der Waals surface area contributed by atoms with Gasteiger partial charge in [-0.05, 0) is 74.0 Å². The molecule has 238 valence electrons. The predicted octanol–water partition coefficient (Wildman–Crippen LogP) is 4.28. The minimum atomic E-state index is -4.88. The van der Waals surface area contributed by atoms with Crippen molar-refractivity contribution in [2.24, 2.45) is 11.7 Å². The van der Waals surface area contributed by atoms with Crippen LogP contribution in [0.1, 0.15) is 83.6 Å². The Hall–Kier alpha value is -3.64. The van der Waals surface area contributed by atoms with E-state index in [0.29, 0.717) is 44.0 Å². The number of aliphatic hydroxyl groups excluding tert-OH is 1. The van der Waals surface area contributed by atoms with Gasteiger partial charge in [0.25, 0.3) is 11.8 Å². The van der Waals surface area contributed by atoms with Crippen LogP contribution in [-0.2, 0) is 6.42 Å². The van der Waals surface area contributed by atoms with Gasteiger partial charge in [0.15, 0.2) is 0 Å². The van der Waals surface area contributed by atoms with Crippen molar-refractivity contribution < 1.29 is 37.4 Å². The van der Waals surface area contributed by atoms with Gasteiger partial charge in [-0.25, -0.2) is 0 Å². The number of carbonyl (C=O) groups is 3. The zero-order valence-corrected chi connectivity index (χ0v) is 25.2. The van der Waals surface area contributed by atoms with Crippen LogP contribution in [0.15, 0.2) is 42.5 Å². The maximum atomic E-state index is 13.5. The van der Waals surface area contributed by atoms with Crippen molar-refractivity contribution >= 4 is 17.7 Å². The van der Waals surface area contributed by atoms with Gasteiger partial charge < -0.3 is 31.1 Å². The Balaban J connectivity index is 2.38. The van der Waals surface area contributed by atoms with Crippen molar-refractivity contribution in [1.29, 1.82) is 0 Å². The molecule has 2 rings (SSSR count). The van der Waals surface area contributed by atoms with Crippen LogP contribution < -0.4 is 21.1 Å². The van der Waals surface area contributed by atoms with E-state index in [1.165, 1.54) is 30.3 Å². The first-order valence-corrected chi connectivity index (χ1v) is 14.5. The molecule has 0 saturated carbocycles. The normalized spacial score (nSPS) is 13.0. The van der Waals surface area contributed by atoms with Crippen LogP contribution in [0.5, 0.6) is 5.75 Å². The maximum Gasteiger partial charge on any atom is 0.573 e. The van der Waals surface area contributed by atoms with Gasteiger partial charge in [0.2, 0.25) is 5.91 Å². The summed E-state index contributed by atoms with van der Waals surface area (Å²) in [6, 6.07) is 8.31. The van der Waals surface area contributed by atoms with E-state index in [0.717, 1.165) is 12.5 Å². The van der Waals surface area contributed by atoms with Crippen molar-refractivity contribution in [3.8, 4) is 5.75 Å². The summed E-state index contributed by atoms with van der Waals surface area (Å²) in [6.45, 7) is 9.67. The number of hydrogen-bond donors (Lipinski definition) is 4. The Bertz CT molecular complexity index is 1220. The Kier molecular flexibility index (Phi) is 13.9. The molecule has 0 heterocycles. The van der Waals surface area contributed by atoms with E-state index in [-0.39, 0.29) is 35.6 Å². The average molecular weight is 609 g/mol. The Morgan fingerprint density at radius 1 is 1.00 bits per heavy atom. The van der Waals surface area contributed by atoms with Crippen LogP contribution in [0.25, 0.3) is 0 Å². The van der Waals surface area contributed by atoms with Gasteiger partial charge in [0.05, 0.1) is 12.1 Å². The molecule has 2 aromatic rings. The first kappa shape index (κ1) is 35.6. The summed E-state index contributed by atoms with van der Waals surface area (Å²) in [4.78, 5) is 40.5. The molecule has 0 aliphatic heterocycles. The number of primary amides is 1. The lowest BCUT2D eigenvalue weighted by Crippen LogP contribution is -2.49.